The second kappa shape index (κ2) is 13.3. The molecule has 1 aromatic heterocycles. The number of rotatable bonds is 12. The number of fused-ring (bicyclic) bond motifs is 1. The standard InChI is InChI=1S/C29H32N4O7S2/c1-5-26(27(34)31-19-7-6-8-20(15-19)38-2)41-29-32-23-17-25(40-4)24(39-3)16-22(23)28(35)33(29)14-13-18-9-11-21(12-10-18)42(30,36)37/h6-12,15-17,26H,5,13-14H2,1-4H3,(H,31,34)(H2,30,36,37)/t26-/m0/s1. The molecule has 42 heavy (non-hydrogen) atoms. The predicted octanol–water partition coefficient (Wildman–Crippen LogP) is 3.82. The summed E-state index contributed by atoms with van der Waals surface area (Å²) in [5, 5.41) is 8.25. The number of carbonyl (C=O) groups is 1. The van der Waals surface area contributed by atoms with E-state index in [-0.39, 0.29) is 22.9 Å². The summed E-state index contributed by atoms with van der Waals surface area (Å²) in [6.07, 6.45) is 0.862. The van der Waals surface area contributed by atoms with Gasteiger partial charge in [0.2, 0.25) is 15.9 Å². The van der Waals surface area contributed by atoms with Crippen LogP contribution >= 0.6 is 11.8 Å². The molecule has 13 heteroatoms. The fourth-order valence-electron chi connectivity index (χ4n) is 4.27. The molecule has 11 nitrogen and oxygen atoms in total. The number of methoxy groups -OCH3 is 3. The molecule has 4 rings (SSSR count). The van der Waals surface area contributed by atoms with Crippen molar-refractivity contribution in [3.8, 4) is 17.2 Å². The number of benzene rings is 3. The van der Waals surface area contributed by atoms with Crippen LogP contribution < -0.4 is 30.2 Å². The first-order valence-electron chi connectivity index (χ1n) is 13.0. The number of sulfonamides is 1. The molecule has 3 N–H and O–H groups in total. The van der Waals surface area contributed by atoms with Gasteiger partial charge in [-0.3, -0.25) is 14.2 Å². The Bertz CT molecular complexity index is 1760. The van der Waals surface area contributed by atoms with E-state index in [9.17, 15) is 18.0 Å². The topological polar surface area (TPSA) is 152 Å². The quantitative estimate of drug-likeness (QED) is 0.180. The van der Waals surface area contributed by atoms with Gasteiger partial charge in [-0.25, -0.2) is 18.5 Å². The van der Waals surface area contributed by atoms with Crippen LogP contribution in [0.3, 0.4) is 0 Å². The molecule has 0 saturated heterocycles. The predicted molar refractivity (Wildman–Crippen MR) is 162 cm³/mol. The zero-order valence-corrected chi connectivity index (χ0v) is 25.3. The van der Waals surface area contributed by atoms with Crippen molar-refractivity contribution in [2.45, 2.75) is 41.6 Å². The molecule has 0 fully saturated rings. The van der Waals surface area contributed by atoms with Crippen LogP contribution in [0.5, 0.6) is 17.2 Å². The van der Waals surface area contributed by atoms with Gasteiger partial charge in [0.1, 0.15) is 5.75 Å². The molecule has 0 aliphatic heterocycles. The van der Waals surface area contributed by atoms with Crippen molar-refractivity contribution in [3.63, 3.8) is 0 Å². The third-order valence-electron chi connectivity index (χ3n) is 6.55. The van der Waals surface area contributed by atoms with Gasteiger partial charge in [0.25, 0.3) is 5.56 Å². The van der Waals surface area contributed by atoms with Gasteiger partial charge >= 0.3 is 0 Å². The Balaban J connectivity index is 1.71. The Morgan fingerprint density at radius 2 is 1.71 bits per heavy atom. The molecule has 1 amide bonds. The van der Waals surface area contributed by atoms with Crippen molar-refractivity contribution in [2.24, 2.45) is 5.14 Å². The number of amides is 1. The highest BCUT2D eigenvalue weighted by Gasteiger charge is 2.23. The Hall–Kier alpha value is -4.07. The van der Waals surface area contributed by atoms with Crippen LogP contribution in [0.15, 0.2) is 75.5 Å². The first-order valence-corrected chi connectivity index (χ1v) is 15.4. The maximum absolute atomic E-state index is 13.8. The van der Waals surface area contributed by atoms with Crippen molar-refractivity contribution in [2.75, 3.05) is 26.6 Å². The van der Waals surface area contributed by atoms with E-state index in [1.165, 1.54) is 42.7 Å². The van der Waals surface area contributed by atoms with Crippen molar-refractivity contribution in [1.29, 1.82) is 0 Å². The number of nitrogens with zero attached hydrogens (tertiary/aromatic N) is 2. The molecule has 3 aromatic carbocycles. The number of aromatic nitrogens is 2. The van der Waals surface area contributed by atoms with Crippen molar-refractivity contribution in [3.05, 3.63) is 76.6 Å². The molecule has 0 bridgehead atoms. The Labute approximate surface area is 248 Å². The maximum Gasteiger partial charge on any atom is 0.262 e. The smallest absolute Gasteiger partial charge is 0.262 e. The minimum absolute atomic E-state index is 0.000844. The molecule has 0 radical (unpaired) electrons. The van der Waals surface area contributed by atoms with Crippen LogP contribution in [-0.2, 0) is 27.8 Å². The maximum atomic E-state index is 13.8. The normalized spacial score (nSPS) is 12.1. The first-order chi connectivity index (χ1) is 20.1. The molecule has 0 unspecified atom stereocenters. The van der Waals surface area contributed by atoms with Gasteiger partial charge in [-0.05, 0) is 48.7 Å². The zero-order valence-electron chi connectivity index (χ0n) is 23.6. The molecular weight excluding hydrogens is 580 g/mol. The second-order valence-corrected chi connectivity index (χ2v) is 12.0. The third kappa shape index (κ3) is 7.04. The molecule has 4 aromatic rings. The van der Waals surface area contributed by atoms with E-state index >= 15 is 0 Å². The lowest BCUT2D eigenvalue weighted by Crippen LogP contribution is -2.28. The summed E-state index contributed by atoms with van der Waals surface area (Å²) in [6.45, 7) is 2.11. The van der Waals surface area contributed by atoms with E-state index in [1.54, 1.807) is 55.6 Å². The van der Waals surface area contributed by atoms with Gasteiger partial charge in [0.15, 0.2) is 16.7 Å². The van der Waals surface area contributed by atoms with Crippen LogP contribution in [0.2, 0.25) is 0 Å². The lowest BCUT2D eigenvalue weighted by Gasteiger charge is -2.19. The van der Waals surface area contributed by atoms with E-state index in [4.69, 9.17) is 24.3 Å². The van der Waals surface area contributed by atoms with Crippen LogP contribution in [0.4, 0.5) is 5.69 Å². The van der Waals surface area contributed by atoms with Gasteiger partial charge in [-0.15, -0.1) is 0 Å². The van der Waals surface area contributed by atoms with Crippen LogP contribution in [-0.4, -0.2) is 50.5 Å². The van der Waals surface area contributed by atoms with E-state index in [2.05, 4.69) is 5.32 Å². The van der Waals surface area contributed by atoms with Crippen LogP contribution in [0.25, 0.3) is 10.9 Å². The van der Waals surface area contributed by atoms with Crippen molar-refractivity contribution < 1.29 is 27.4 Å². The van der Waals surface area contributed by atoms with Gasteiger partial charge in [0, 0.05) is 24.4 Å². The number of primary sulfonamides is 1. The number of aryl methyl sites for hydroxylation is 1. The van der Waals surface area contributed by atoms with E-state index < -0.39 is 15.3 Å². The van der Waals surface area contributed by atoms with E-state index in [0.717, 1.165) is 5.56 Å². The Morgan fingerprint density at radius 3 is 2.33 bits per heavy atom. The van der Waals surface area contributed by atoms with Crippen LogP contribution in [0.1, 0.15) is 18.9 Å². The molecule has 0 aliphatic rings. The van der Waals surface area contributed by atoms with E-state index in [0.29, 0.717) is 51.8 Å². The van der Waals surface area contributed by atoms with E-state index in [1.807, 2.05) is 6.92 Å². The number of nitrogens with two attached hydrogens (primary N) is 1. The summed E-state index contributed by atoms with van der Waals surface area (Å²) in [6, 6.07) is 16.4. The summed E-state index contributed by atoms with van der Waals surface area (Å²) in [4.78, 5) is 31.9. The lowest BCUT2D eigenvalue weighted by atomic mass is 10.1. The third-order valence-corrected chi connectivity index (χ3v) is 8.83. The van der Waals surface area contributed by atoms with Crippen LogP contribution in [0, 0.1) is 0 Å². The summed E-state index contributed by atoms with van der Waals surface area (Å²) >= 11 is 1.19. The molecule has 1 atom stereocenters. The number of thioether (sulfide) groups is 1. The Morgan fingerprint density at radius 1 is 1.02 bits per heavy atom. The van der Waals surface area contributed by atoms with Crippen molar-refractivity contribution >= 4 is 44.3 Å². The average molecular weight is 613 g/mol. The SMILES string of the molecule is CC[C@H](Sc1nc2cc(OC)c(OC)cc2c(=O)n1CCc1ccc(S(N)(=O)=O)cc1)C(=O)Nc1cccc(OC)c1. The number of hydrogen-bond donors (Lipinski definition) is 2. The molecular formula is C29H32N4O7S2. The highest BCUT2D eigenvalue weighted by Crippen LogP contribution is 2.32. The first kappa shape index (κ1) is 30.9. The fraction of sp³-hybridized carbons (Fsp3) is 0.276. The number of carbonyl (C=O) groups excluding carboxylic acids is 1. The Kier molecular flexibility index (Phi) is 9.76. The highest BCUT2D eigenvalue weighted by molar-refractivity contribution is 8.00. The summed E-state index contributed by atoms with van der Waals surface area (Å²) in [7, 11) is 0.709. The monoisotopic (exact) mass is 612 g/mol. The largest absolute Gasteiger partial charge is 0.497 e. The minimum atomic E-state index is -3.82. The van der Waals surface area contributed by atoms with Gasteiger partial charge in [-0.2, -0.15) is 0 Å². The second-order valence-electron chi connectivity index (χ2n) is 9.25. The lowest BCUT2D eigenvalue weighted by molar-refractivity contribution is -0.115. The average Bonchev–Trinajstić information content (AvgIpc) is 2.98. The van der Waals surface area contributed by atoms with Gasteiger partial charge < -0.3 is 19.5 Å². The minimum Gasteiger partial charge on any atom is -0.497 e. The molecule has 0 aliphatic carbocycles. The molecule has 1 heterocycles. The number of hydrogen-bond acceptors (Lipinski definition) is 9. The number of anilines is 1. The number of nitrogens with one attached hydrogen (secondary N) is 1. The van der Waals surface area contributed by atoms with Crippen molar-refractivity contribution in [1.82, 2.24) is 9.55 Å². The summed E-state index contributed by atoms with van der Waals surface area (Å²) < 4.78 is 40.8. The fourth-order valence-corrected chi connectivity index (χ4v) is 5.83. The summed E-state index contributed by atoms with van der Waals surface area (Å²) in [5.41, 5.74) is 1.46. The highest BCUT2D eigenvalue weighted by atomic mass is 32.2. The van der Waals surface area contributed by atoms with Gasteiger partial charge in [-0.1, -0.05) is 36.9 Å². The molecule has 0 spiro atoms. The molecule has 222 valence electrons. The molecule has 0 saturated carbocycles. The zero-order chi connectivity index (χ0) is 30.4. The summed E-state index contributed by atoms with van der Waals surface area (Å²) in [5.74, 6) is 1.17. The number of ether oxygens (including phenoxy) is 3. The van der Waals surface area contributed by atoms with Gasteiger partial charge in [0.05, 0.1) is 42.4 Å².